The number of nitro benzene ring substituents is 1. The molecule has 28 heavy (non-hydrogen) atoms. The van der Waals surface area contributed by atoms with Crippen molar-refractivity contribution in [2.45, 2.75) is 26.3 Å². The molecule has 2 aromatic carbocycles. The molecule has 1 atom stereocenters. The van der Waals surface area contributed by atoms with Crippen molar-refractivity contribution < 1.29 is 19.2 Å². The van der Waals surface area contributed by atoms with Gasteiger partial charge in [-0.25, -0.2) is 0 Å². The molecule has 1 N–H and O–H groups in total. The van der Waals surface area contributed by atoms with Crippen molar-refractivity contribution in [2.75, 3.05) is 13.2 Å². The number of nitrogens with zero attached hydrogens (tertiary/aromatic N) is 1. The maximum Gasteiger partial charge on any atom is 0.270 e. The molecular formula is C20H21ClN2O5. The number of fused-ring (bicyclic) bond motifs is 1. The zero-order chi connectivity index (χ0) is 20.3. The van der Waals surface area contributed by atoms with Crippen molar-refractivity contribution in [1.82, 2.24) is 5.32 Å². The van der Waals surface area contributed by atoms with E-state index in [1.54, 1.807) is 0 Å². The summed E-state index contributed by atoms with van der Waals surface area (Å²) in [5.74, 6) is 1.04. The molecular weight excluding hydrogens is 384 g/mol. The molecule has 0 fully saturated rings. The highest BCUT2D eigenvalue weighted by molar-refractivity contribution is 6.34. The second-order valence-electron chi connectivity index (χ2n) is 6.87. The van der Waals surface area contributed by atoms with Crippen LogP contribution in [0, 0.1) is 16.0 Å². The summed E-state index contributed by atoms with van der Waals surface area (Å²) in [5, 5.41) is 13.9. The lowest BCUT2D eigenvalue weighted by Gasteiger charge is -2.24. The van der Waals surface area contributed by atoms with Crippen LogP contribution in [0.4, 0.5) is 5.69 Å². The van der Waals surface area contributed by atoms with Gasteiger partial charge in [0.15, 0.2) is 11.5 Å². The van der Waals surface area contributed by atoms with E-state index >= 15 is 0 Å². The van der Waals surface area contributed by atoms with Gasteiger partial charge < -0.3 is 14.8 Å². The van der Waals surface area contributed by atoms with Crippen molar-refractivity contribution in [3.05, 3.63) is 62.7 Å². The number of ether oxygens (including phenoxy) is 2. The molecule has 1 aliphatic heterocycles. The number of rotatable bonds is 5. The maximum absolute atomic E-state index is 12.8. The summed E-state index contributed by atoms with van der Waals surface area (Å²) >= 11 is 6.09. The van der Waals surface area contributed by atoms with Gasteiger partial charge in [0.2, 0.25) is 0 Å². The van der Waals surface area contributed by atoms with Crippen LogP contribution in [0.5, 0.6) is 11.5 Å². The maximum atomic E-state index is 12.8. The van der Waals surface area contributed by atoms with Crippen LogP contribution in [0.3, 0.4) is 0 Å². The van der Waals surface area contributed by atoms with E-state index in [4.69, 9.17) is 21.1 Å². The molecule has 1 amide bonds. The van der Waals surface area contributed by atoms with Crippen LogP contribution in [0.1, 0.15) is 42.2 Å². The molecule has 148 valence electrons. The van der Waals surface area contributed by atoms with E-state index in [1.807, 2.05) is 32.0 Å². The second-order valence-corrected chi connectivity index (χ2v) is 7.28. The first-order valence-corrected chi connectivity index (χ1v) is 9.39. The Bertz CT molecular complexity index is 900. The van der Waals surface area contributed by atoms with Gasteiger partial charge in [-0.15, -0.1) is 0 Å². The predicted octanol–water partition coefficient (Wildman–Crippen LogP) is 4.54. The van der Waals surface area contributed by atoms with E-state index in [1.165, 1.54) is 18.2 Å². The first-order chi connectivity index (χ1) is 13.4. The summed E-state index contributed by atoms with van der Waals surface area (Å²) in [6.07, 6.45) is 0.813. The molecule has 0 saturated heterocycles. The topological polar surface area (TPSA) is 90.7 Å². The Hall–Kier alpha value is -2.80. The quantitative estimate of drug-likeness (QED) is 0.583. The SMILES string of the molecule is CC(C)C(NC(=O)c1ccc([N+](=O)[O-])cc1Cl)c1ccc2c(c1)OCCCO2. The lowest BCUT2D eigenvalue weighted by atomic mass is 9.95. The zero-order valence-electron chi connectivity index (χ0n) is 15.6. The van der Waals surface area contributed by atoms with Crippen LogP contribution in [-0.2, 0) is 0 Å². The summed E-state index contributed by atoms with van der Waals surface area (Å²) in [4.78, 5) is 23.1. The molecule has 0 aromatic heterocycles. The smallest absolute Gasteiger partial charge is 0.270 e. The molecule has 1 heterocycles. The van der Waals surface area contributed by atoms with Gasteiger partial charge in [0, 0.05) is 18.6 Å². The fourth-order valence-corrected chi connectivity index (χ4v) is 3.29. The van der Waals surface area contributed by atoms with Gasteiger partial charge in [0.25, 0.3) is 11.6 Å². The zero-order valence-corrected chi connectivity index (χ0v) is 16.4. The first kappa shape index (κ1) is 19.9. The largest absolute Gasteiger partial charge is 0.490 e. The predicted molar refractivity (Wildman–Crippen MR) is 105 cm³/mol. The number of benzene rings is 2. The van der Waals surface area contributed by atoms with Gasteiger partial charge >= 0.3 is 0 Å². The number of hydrogen-bond donors (Lipinski definition) is 1. The van der Waals surface area contributed by atoms with Gasteiger partial charge in [-0.2, -0.15) is 0 Å². The standard InChI is InChI=1S/C20H21ClN2O5/c1-12(2)19(13-4-7-17-18(10-13)28-9-3-8-27-17)22-20(24)15-6-5-14(23(25)26)11-16(15)21/h4-7,10-12,19H,3,8-9H2,1-2H3,(H,22,24). The van der Waals surface area contributed by atoms with Crippen LogP contribution in [0.2, 0.25) is 5.02 Å². The Morgan fingerprint density at radius 1 is 1.14 bits per heavy atom. The van der Waals surface area contributed by atoms with Gasteiger partial charge in [0.05, 0.1) is 34.8 Å². The van der Waals surface area contributed by atoms with Gasteiger partial charge in [-0.3, -0.25) is 14.9 Å². The highest BCUT2D eigenvalue weighted by Crippen LogP contribution is 2.34. The second kappa shape index (κ2) is 8.48. The summed E-state index contributed by atoms with van der Waals surface area (Å²) in [7, 11) is 0. The van der Waals surface area contributed by atoms with Crippen molar-refractivity contribution in [2.24, 2.45) is 5.92 Å². The lowest BCUT2D eigenvalue weighted by molar-refractivity contribution is -0.384. The number of amides is 1. The molecule has 2 aromatic rings. The number of carbonyl (C=O) groups is 1. The molecule has 0 radical (unpaired) electrons. The van der Waals surface area contributed by atoms with Crippen LogP contribution >= 0.6 is 11.6 Å². The summed E-state index contributed by atoms with van der Waals surface area (Å²) in [6, 6.07) is 9.12. The Morgan fingerprint density at radius 3 is 2.50 bits per heavy atom. The fraction of sp³-hybridized carbons (Fsp3) is 0.350. The molecule has 0 bridgehead atoms. The van der Waals surface area contributed by atoms with Crippen LogP contribution in [0.15, 0.2) is 36.4 Å². The fourth-order valence-electron chi connectivity index (χ4n) is 3.03. The van der Waals surface area contributed by atoms with E-state index < -0.39 is 10.8 Å². The Kier molecular flexibility index (Phi) is 6.04. The molecule has 7 nitrogen and oxygen atoms in total. The third-order valence-corrected chi connectivity index (χ3v) is 4.80. The third kappa shape index (κ3) is 4.36. The molecule has 0 spiro atoms. The Balaban J connectivity index is 1.85. The lowest BCUT2D eigenvalue weighted by Crippen LogP contribution is -2.32. The minimum Gasteiger partial charge on any atom is -0.490 e. The summed E-state index contributed by atoms with van der Waals surface area (Å²) in [5.41, 5.74) is 0.905. The molecule has 3 rings (SSSR count). The normalized spacial score (nSPS) is 14.3. The third-order valence-electron chi connectivity index (χ3n) is 4.49. The van der Waals surface area contributed by atoms with Gasteiger partial charge in [-0.1, -0.05) is 31.5 Å². The van der Waals surface area contributed by atoms with Crippen molar-refractivity contribution in [3.63, 3.8) is 0 Å². The molecule has 0 saturated carbocycles. The van der Waals surface area contributed by atoms with E-state index in [0.29, 0.717) is 24.7 Å². The van der Waals surface area contributed by atoms with Crippen molar-refractivity contribution >= 4 is 23.2 Å². The first-order valence-electron chi connectivity index (χ1n) is 9.01. The number of nitrogens with one attached hydrogen (secondary N) is 1. The number of non-ortho nitro benzene ring substituents is 1. The number of hydrogen-bond acceptors (Lipinski definition) is 5. The molecule has 8 heteroatoms. The number of nitro groups is 1. The van der Waals surface area contributed by atoms with E-state index in [2.05, 4.69) is 5.32 Å². The van der Waals surface area contributed by atoms with E-state index in [0.717, 1.165) is 12.0 Å². The average Bonchev–Trinajstić information content (AvgIpc) is 2.90. The van der Waals surface area contributed by atoms with Gasteiger partial charge in [0.1, 0.15) is 0 Å². The summed E-state index contributed by atoms with van der Waals surface area (Å²) in [6.45, 7) is 5.17. The minimum atomic E-state index is -0.553. The average molecular weight is 405 g/mol. The molecule has 0 aliphatic carbocycles. The molecule has 1 aliphatic rings. The van der Waals surface area contributed by atoms with E-state index in [-0.39, 0.29) is 28.2 Å². The van der Waals surface area contributed by atoms with Gasteiger partial charge in [-0.05, 0) is 29.7 Å². The minimum absolute atomic E-state index is 0.0351. The van der Waals surface area contributed by atoms with Crippen molar-refractivity contribution in [3.8, 4) is 11.5 Å². The number of carbonyl (C=O) groups excluding carboxylic acids is 1. The highest BCUT2D eigenvalue weighted by Gasteiger charge is 2.23. The monoisotopic (exact) mass is 404 g/mol. The van der Waals surface area contributed by atoms with E-state index in [9.17, 15) is 14.9 Å². The number of halogens is 1. The summed E-state index contributed by atoms with van der Waals surface area (Å²) < 4.78 is 11.4. The van der Waals surface area contributed by atoms with Crippen molar-refractivity contribution in [1.29, 1.82) is 0 Å². The Labute approximate surface area is 167 Å². The van der Waals surface area contributed by atoms with Crippen LogP contribution < -0.4 is 14.8 Å². The van der Waals surface area contributed by atoms with Crippen LogP contribution in [0.25, 0.3) is 0 Å². The highest BCUT2D eigenvalue weighted by atomic mass is 35.5. The Morgan fingerprint density at radius 2 is 1.86 bits per heavy atom. The molecule has 1 unspecified atom stereocenters. The van der Waals surface area contributed by atoms with Crippen LogP contribution in [-0.4, -0.2) is 24.0 Å².